The van der Waals surface area contributed by atoms with Gasteiger partial charge in [0.05, 0.1) is 36.6 Å². The molecule has 1 amide bonds. The van der Waals surface area contributed by atoms with Crippen LogP contribution in [0.15, 0.2) is 78.0 Å². The van der Waals surface area contributed by atoms with Gasteiger partial charge in [0.25, 0.3) is 5.69 Å². The Morgan fingerprint density at radius 3 is 2.45 bits per heavy atom. The van der Waals surface area contributed by atoms with Gasteiger partial charge in [0, 0.05) is 36.7 Å². The zero-order valence-corrected chi connectivity index (χ0v) is 21.3. The second-order valence-corrected chi connectivity index (χ2v) is 9.32. The van der Waals surface area contributed by atoms with E-state index >= 15 is 0 Å². The number of anilines is 2. The van der Waals surface area contributed by atoms with Crippen LogP contribution < -0.4 is 19.7 Å². The number of carbonyl (C=O) groups excluding carboxylic acids is 2. The number of allylic oxidation sites excluding steroid dienone is 1. The fourth-order valence-electron chi connectivity index (χ4n) is 5.40. The van der Waals surface area contributed by atoms with Gasteiger partial charge in [-0.15, -0.1) is 0 Å². The van der Waals surface area contributed by atoms with Gasteiger partial charge in [-0.1, -0.05) is 30.3 Å². The molecule has 1 aliphatic heterocycles. The van der Waals surface area contributed by atoms with Gasteiger partial charge in [-0.2, -0.15) is 0 Å². The van der Waals surface area contributed by atoms with Crippen molar-refractivity contribution < 1.29 is 24.0 Å². The highest BCUT2D eigenvalue weighted by Gasteiger charge is 2.41. The molecular weight excluding hydrogens is 486 g/mol. The Labute approximate surface area is 219 Å². The van der Waals surface area contributed by atoms with Crippen molar-refractivity contribution in [2.24, 2.45) is 0 Å². The number of amides is 1. The van der Waals surface area contributed by atoms with E-state index in [0.29, 0.717) is 46.1 Å². The fraction of sp³-hybridized carbons (Fsp3) is 0.241. The predicted octanol–water partition coefficient (Wildman–Crippen LogP) is 5.53. The Morgan fingerprint density at radius 1 is 0.974 bits per heavy atom. The summed E-state index contributed by atoms with van der Waals surface area (Å²) in [4.78, 5) is 39.7. The molecule has 3 aromatic rings. The number of nitrogens with zero attached hydrogens (tertiary/aromatic N) is 2. The average molecular weight is 514 g/mol. The van der Waals surface area contributed by atoms with Crippen LogP contribution in [-0.4, -0.2) is 30.8 Å². The molecule has 5 rings (SSSR count). The molecule has 0 fully saturated rings. The van der Waals surface area contributed by atoms with Crippen molar-refractivity contribution in [3.05, 3.63) is 99.2 Å². The minimum absolute atomic E-state index is 0.106. The first-order valence-corrected chi connectivity index (χ1v) is 12.2. The van der Waals surface area contributed by atoms with E-state index in [9.17, 15) is 19.7 Å². The van der Waals surface area contributed by atoms with Crippen molar-refractivity contribution >= 4 is 28.8 Å². The number of ether oxygens (including phenoxy) is 2. The van der Waals surface area contributed by atoms with E-state index < -0.39 is 11.0 Å². The van der Waals surface area contributed by atoms with E-state index in [1.54, 1.807) is 31.3 Å². The van der Waals surface area contributed by atoms with Crippen molar-refractivity contribution in [1.82, 2.24) is 0 Å². The monoisotopic (exact) mass is 513 g/mol. The number of fused-ring (bicyclic) bond motifs is 1. The molecule has 0 saturated heterocycles. The maximum atomic E-state index is 13.9. The summed E-state index contributed by atoms with van der Waals surface area (Å²) in [6.07, 6.45) is 0.714. The Morgan fingerprint density at radius 2 is 1.74 bits per heavy atom. The van der Waals surface area contributed by atoms with Crippen LogP contribution in [0.3, 0.4) is 0 Å². The van der Waals surface area contributed by atoms with Crippen LogP contribution in [0.4, 0.5) is 17.1 Å². The fourth-order valence-corrected chi connectivity index (χ4v) is 5.40. The Balaban J connectivity index is 1.68. The van der Waals surface area contributed by atoms with Crippen LogP contribution in [0.5, 0.6) is 11.5 Å². The molecule has 9 heteroatoms. The second-order valence-electron chi connectivity index (χ2n) is 9.32. The number of benzene rings is 3. The molecule has 1 aliphatic carbocycles. The number of ketones is 1. The smallest absolute Gasteiger partial charge is 0.269 e. The van der Waals surface area contributed by atoms with Crippen molar-refractivity contribution in [1.29, 1.82) is 0 Å². The van der Waals surface area contributed by atoms with Gasteiger partial charge in [0.2, 0.25) is 5.91 Å². The van der Waals surface area contributed by atoms with Gasteiger partial charge in [-0.3, -0.25) is 24.6 Å². The maximum absolute atomic E-state index is 13.9. The summed E-state index contributed by atoms with van der Waals surface area (Å²) in [7, 11) is 3.14. The lowest BCUT2D eigenvalue weighted by molar-refractivity contribution is -0.384. The molecule has 2 atom stereocenters. The third kappa shape index (κ3) is 4.36. The highest BCUT2D eigenvalue weighted by atomic mass is 16.6. The molecule has 1 N–H and O–H groups in total. The van der Waals surface area contributed by atoms with E-state index in [1.165, 1.54) is 19.1 Å². The molecular formula is C29H27N3O6. The van der Waals surface area contributed by atoms with Crippen molar-refractivity contribution in [2.75, 3.05) is 24.4 Å². The quantitative estimate of drug-likeness (QED) is 0.353. The number of rotatable bonds is 5. The van der Waals surface area contributed by atoms with E-state index in [4.69, 9.17) is 9.47 Å². The number of nitro groups is 1. The topological polar surface area (TPSA) is 111 Å². The molecule has 0 radical (unpaired) electrons. The van der Waals surface area contributed by atoms with Gasteiger partial charge < -0.3 is 14.8 Å². The third-order valence-corrected chi connectivity index (χ3v) is 7.10. The lowest BCUT2D eigenvalue weighted by atomic mass is 9.78. The van der Waals surface area contributed by atoms with Crippen LogP contribution in [-0.2, 0) is 9.59 Å². The first-order chi connectivity index (χ1) is 18.3. The van der Waals surface area contributed by atoms with E-state index in [2.05, 4.69) is 5.32 Å². The number of Topliss-reactive ketones (excluding diaryl/α,β-unsaturated/α-hetero) is 1. The standard InChI is InChI=1S/C29H27N3O6/c1-17(33)31-24-10-5-4-9-22(24)30-23-14-20(18-11-12-26(37-2)27(16-18)38-3)15-25(34)28(23)29(31)19-7-6-8-21(13-19)32(35)36/h4-13,16,20,29-30H,14-15H2,1-3H3/t20-,29-/m0/s1. The lowest BCUT2D eigenvalue weighted by Gasteiger charge is -2.34. The van der Waals surface area contributed by atoms with Gasteiger partial charge in [-0.25, -0.2) is 0 Å². The number of methoxy groups -OCH3 is 2. The summed E-state index contributed by atoms with van der Waals surface area (Å²) in [5.74, 6) is 0.625. The largest absolute Gasteiger partial charge is 0.493 e. The van der Waals surface area contributed by atoms with E-state index in [1.807, 2.05) is 42.5 Å². The van der Waals surface area contributed by atoms with Crippen molar-refractivity contribution in [2.45, 2.75) is 31.7 Å². The summed E-state index contributed by atoms with van der Waals surface area (Å²) in [6, 6.07) is 18.3. The van der Waals surface area contributed by atoms with Crippen molar-refractivity contribution in [3.8, 4) is 11.5 Å². The number of nitrogens with one attached hydrogen (secondary N) is 1. The van der Waals surface area contributed by atoms with Gasteiger partial charge in [0.15, 0.2) is 17.3 Å². The third-order valence-electron chi connectivity index (χ3n) is 7.10. The minimum Gasteiger partial charge on any atom is -0.493 e. The SMILES string of the molecule is COc1ccc([C@@H]2CC(=O)C3=C(C2)Nc2ccccc2N(C(C)=O)[C@H]3c2cccc([N+](=O)[O-])c2)cc1OC. The van der Waals surface area contributed by atoms with Crippen LogP contribution in [0.1, 0.15) is 42.9 Å². The van der Waals surface area contributed by atoms with Crippen molar-refractivity contribution in [3.63, 3.8) is 0 Å². The molecule has 38 heavy (non-hydrogen) atoms. The molecule has 0 bridgehead atoms. The van der Waals surface area contributed by atoms with Crippen LogP contribution >= 0.6 is 0 Å². The molecule has 1 heterocycles. The molecule has 0 aromatic heterocycles. The zero-order chi connectivity index (χ0) is 27.0. The lowest BCUT2D eigenvalue weighted by Crippen LogP contribution is -2.37. The highest BCUT2D eigenvalue weighted by molar-refractivity contribution is 6.06. The number of hydrogen-bond donors (Lipinski definition) is 1. The summed E-state index contributed by atoms with van der Waals surface area (Å²) in [5.41, 5.74) is 3.73. The summed E-state index contributed by atoms with van der Waals surface area (Å²) in [6.45, 7) is 1.44. The summed E-state index contributed by atoms with van der Waals surface area (Å²) >= 11 is 0. The normalized spacial score (nSPS) is 18.6. The highest BCUT2D eigenvalue weighted by Crippen LogP contribution is 2.48. The molecule has 0 spiro atoms. The molecule has 9 nitrogen and oxygen atoms in total. The Hall–Kier alpha value is -4.66. The zero-order valence-electron chi connectivity index (χ0n) is 21.3. The predicted molar refractivity (Wildman–Crippen MR) is 143 cm³/mol. The molecule has 2 aliphatic rings. The first kappa shape index (κ1) is 25.0. The van der Waals surface area contributed by atoms with Gasteiger partial charge in [-0.05, 0) is 47.7 Å². The Bertz CT molecular complexity index is 1480. The first-order valence-electron chi connectivity index (χ1n) is 12.2. The minimum atomic E-state index is -0.822. The number of hydrogen-bond acceptors (Lipinski definition) is 7. The van der Waals surface area contributed by atoms with E-state index in [-0.39, 0.29) is 29.7 Å². The number of para-hydroxylation sites is 2. The van der Waals surface area contributed by atoms with Crippen LogP contribution in [0, 0.1) is 10.1 Å². The molecule has 194 valence electrons. The van der Waals surface area contributed by atoms with Crippen LogP contribution in [0.25, 0.3) is 0 Å². The van der Waals surface area contributed by atoms with Gasteiger partial charge >= 0.3 is 0 Å². The second kappa shape index (κ2) is 10.0. The number of nitro benzene ring substituents is 1. The summed E-state index contributed by atoms with van der Waals surface area (Å²) in [5, 5.41) is 15.0. The molecule has 0 unspecified atom stereocenters. The molecule has 3 aromatic carbocycles. The van der Waals surface area contributed by atoms with Gasteiger partial charge in [0.1, 0.15) is 0 Å². The van der Waals surface area contributed by atoms with E-state index in [0.717, 1.165) is 5.56 Å². The Kier molecular flexibility index (Phi) is 6.59. The van der Waals surface area contributed by atoms with Crippen LogP contribution in [0.2, 0.25) is 0 Å². The molecule has 0 saturated carbocycles. The number of carbonyl (C=O) groups is 2. The average Bonchev–Trinajstić information content (AvgIpc) is 3.07. The number of non-ortho nitro benzene ring substituents is 1. The maximum Gasteiger partial charge on any atom is 0.269 e. The summed E-state index contributed by atoms with van der Waals surface area (Å²) < 4.78 is 10.8.